The highest BCUT2D eigenvalue weighted by Crippen LogP contribution is 2.19. The lowest BCUT2D eigenvalue weighted by Gasteiger charge is -2.22. The summed E-state index contributed by atoms with van der Waals surface area (Å²) in [4.78, 5) is 24.2. The van der Waals surface area contributed by atoms with Crippen LogP contribution < -0.4 is 10.5 Å². The SMILES string of the molecule is COC(=O)[C@H](C)CN(C)c1cn[nH]c(=O)c1Cl. The Bertz CT molecular complexity index is 460. The minimum atomic E-state index is -0.457. The molecule has 1 rings (SSSR count). The zero-order chi connectivity index (χ0) is 13.0. The Morgan fingerprint density at radius 2 is 2.35 bits per heavy atom. The number of nitrogens with one attached hydrogen (secondary N) is 1. The van der Waals surface area contributed by atoms with E-state index in [9.17, 15) is 9.59 Å². The second-order valence-electron chi connectivity index (χ2n) is 3.70. The van der Waals surface area contributed by atoms with Gasteiger partial charge in [0.25, 0.3) is 5.56 Å². The van der Waals surface area contributed by atoms with Gasteiger partial charge in [-0.25, -0.2) is 5.10 Å². The maximum atomic E-state index is 11.3. The molecule has 0 unspecified atom stereocenters. The third-order valence-electron chi connectivity index (χ3n) is 2.34. The summed E-state index contributed by atoms with van der Waals surface area (Å²) in [5, 5.41) is 5.94. The number of esters is 1. The molecule has 0 aliphatic carbocycles. The molecule has 1 heterocycles. The molecular formula is C10H14ClN3O3. The number of H-pyrrole nitrogens is 1. The summed E-state index contributed by atoms with van der Waals surface area (Å²) in [6, 6.07) is 0. The van der Waals surface area contributed by atoms with E-state index in [1.165, 1.54) is 13.3 Å². The number of ether oxygens (including phenoxy) is 1. The fourth-order valence-electron chi connectivity index (χ4n) is 1.43. The first-order valence-corrected chi connectivity index (χ1v) is 5.37. The van der Waals surface area contributed by atoms with Crippen LogP contribution in [0.15, 0.2) is 11.0 Å². The fourth-order valence-corrected chi connectivity index (χ4v) is 1.66. The first-order valence-electron chi connectivity index (χ1n) is 4.99. The summed E-state index contributed by atoms with van der Waals surface area (Å²) in [6.45, 7) is 2.12. The molecule has 17 heavy (non-hydrogen) atoms. The quantitative estimate of drug-likeness (QED) is 0.805. The van der Waals surface area contributed by atoms with Crippen molar-refractivity contribution in [2.75, 3.05) is 25.6 Å². The summed E-state index contributed by atoms with van der Waals surface area (Å²) in [7, 11) is 3.06. The van der Waals surface area contributed by atoms with Crippen molar-refractivity contribution in [3.05, 3.63) is 21.6 Å². The Labute approximate surface area is 104 Å². The Hall–Kier alpha value is -1.56. The van der Waals surface area contributed by atoms with Gasteiger partial charge in [0.15, 0.2) is 0 Å². The molecule has 1 atom stereocenters. The summed E-state index contributed by atoms with van der Waals surface area (Å²) < 4.78 is 4.62. The van der Waals surface area contributed by atoms with Crippen LogP contribution in [0.2, 0.25) is 5.02 Å². The Kier molecular flexibility index (Phi) is 4.51. The maximum Gasteiger partial charge on any atom is 0.310 e. The number of carbonyl (C=O) groups excluding carboxylic acids is 1. The van der Waals surface area contributed by atoms with Gasteiger partial charge in [0.1, 0.15) is 5.02 Å². The van der Waals surface area contributed by atoms with Gasteiger partial charge in [-0.15, -0.1) is 0 Å². The van der Waals surface area contributed by atoms with Crippen molar-refractivity contribution in [3.8, 4) is 0 Å². The van der Waals surface area contributed by atoms with E-state index in [4.69, 9.17) is 11.6 Å². The number of hydrogen-bond acceptors (Lipinski definition) is 5. The topological polar surface area (TPSA) is 75.3 Å². The van der Waals surface area contributed by atoms with Crippen LogP contribution in [-0.4, -0.2) is 36.9 Å². The number of anilines is 1. The van der Waals surface area contributed by atoms with Crippen LogP contribution in [0.25, 0.3) is 0 Å². The van der Waals surface area contributed by atoms with Crippen molar-refractivity contribution >= 4 is 23.3 Å². The highest BCUT2D eigenvalue weighted by molar-refractivity contribution is 6.32. The minimum Gasteiger partial charge on any atom is -0.469 e. The predicted molar refractivity (Wildman–Crippen MR) is 64.3 cm³/mol. The molecule has 0 aromatic carbocycles. The van der Waals surface area contributed by atoms with E-state index in [0.29, 0.717) is 12.2 Å². The number of aromatic nitrogens is 2. The monoisotopic (exact) mass is 259 g/mol. The van der Waals surface area contributed by atoms with Crippen LogP contribution >= 0.6 is 11.6 Å². The molecule has 1 aromatic heterocycles. The van der Waals surface area contributed by atoms with Gasteiger partial charge in [-0.05, 0) is 0 Å². The molecule has 1 N–H and O–H groups in total. The fraction of sp³-hybridized carbons (Fsp3) is 0.500. The predicted octanol–water partition coefficient (Wildman–Crippen LogP) is 0.669. The Morgan fingerprint density at radius 1 is 1.71 bits per heavy atom. The van der Waals surface area contributed by atoms with Crippen molar-refractivity contribution in [1.29, 1.82) is 0 Å². The van der Waals surface area contributed by atoms with Crippen molar-refractivity contribution < 1.29 is 9.53 Å². The number of rotatable bonds is 4. The van der Waals surface area contributed by atoms with E-state index in [1.54, 1.807) is 18.9 Å². The van der Waals surface area contributed by atoms with E-state index in [0.717, 1.165) is 0 Å². The average Bonchev–Trinajstić information content (AvgIpc) is 2.31. The van der Waals surface area contributed by atoms with Gasteiger partial charge in [0, 0.05) is 13.6 Å². The first-order chi connectivity index (χ1) is 7.97. The van der Waals surface area contributed by atoms with Crippen LogP contribution in [0.1, 0.15) is 6.92 Å². The van der Waals surface area contributed by atoms with E-state index >= 15 is 0 Å². The second kappa shape index (κ2) is 5.67. The zero-order valence-electron chi connectivity index (χ0n) is 9.86. The third-order valence-corrected chi connectivity index (χ3v) is 2.70. The molecule has 0 fully saturated rings. The van der Waals surface area contributed by atoms with Crippen molar-refractivity contribution in [3.63, 3.8) is 0 Å². The van der Waals surface area contributed by atoms with Gasteiger partial charge in [0.05, 0.1) is 24.9 Å². The van der Waals surface area contributed by atoms with E-state index in [1.807, 2.05) is 0 Å². The molecule has 94 valence electrons. The van der Waals surface area contributed by atoms with Crippen LogP contribution in [-0.2, 0) is 9.53 Å². The number of nitrogens with zero attached hydrogens (tertiary/aromatic N) is 2. The molecular weight excluding hydrogens is 246 g/mol. The highest BCUT2D eigenvalue weighted by atomic mass is 35.5. The van der Waals surface area contributed by atoms with Gasteiger partial charge < -0.3 is 9.64 Å². The van der Waals surface area contributed by atoms with Crippen LogP contribution in [0, 0.1) is 5.92 Å². The largest absolute Gasteiger partial charge is 0.469 e. The van der Waals surface area contributed by atoms with Gasteiger partial charge in [-0.3, -0.25) is 9.59 Å². The Morgan fingerprint density at radius 3 is 2.94 bits per heavy atom. The summed E-state index contributed by atoms with van der Waals surface area (Å²) in [6.07, 6.45) is 1.44. The molecule has 0 bridgehead atoms. The van der Waals surface area contributed by atoms with Crippen LogP contribution in [0.5, 0.6) is 0 Å². The molecule has 0 spiro atoms. The summed E-state index contributed by atoms with van der Waals surface area (Å²) in [5.41, 5.74) is 0.0212. The lowest BCUT2D eigenvalue weighted by molar-refractivity contribution is -0.144. The summed E-state index contributed by atoms with van der Waals surface area (Å²) in [5.74, 6) is -0.633. The molecule has 7 heteroatoms. The molecule has 0 saturated carbocycles. The van der Waals surface area contributed by atoms with E-state index in [-0.39, 0.29) is 16.9 Å². The van der Waals surface area contributed by atoms with Gasteiger partial charge in [-0.2, -0.15) is 5.10 Å². The molecule has 0 amide bonds. The molecule has 0 aliphatic heterocycles. The number of hydrogen-bond donors (Lipinski definition) is 1. The normalized spacial score (nSPS) is 12.0. The molecule has 6 nitrogen and oxygen atoms in total. The van der Waals surface area contributed by atoms with Crippen molar-refractivity contribution in [1.82, 2.24) is 10.2 Å². The van der Waals surface area contributed by atoms with Gasteiger partial charge >= 0.3 is 5.97 Å². The number of aromatic amines is 1. The van der Waals surface area contributed by atoms with Crippen LogP contribution in [0.3, 0.4) is 0 Å². The highest BCUT2D eigenvalue weighted by Gasteiger charge is 2.18. The van der Waals surface area contributed by atoms with Crippen LogP contribution in [0.4, 0.5) is 5.69 Å². The smallest absolute Gasteiger partial charge is 0.310 e. The number of carbonyl (C=O) groups is 1. The maximum absolute atomic E-state index is 11.3. The Balaban J connectivity index is 2.83. The molecule has 0 aliphatic rings. The lowest BCUT2D eigenvalue weighted by atomic mass is 10.1. The van der Waals surface area contributed by atoms with Gasteiger partial charge in [-0.1, -0.05) is 18.5 Å². The summed E-state index contributed by atoms with van der Waals surface area (Å²) >= 11 is 5.84. The number of halogens is 1. The lowest BCUT2D eigenvalue weighted by Crippen LogP contribution is -2.30. The average molecular weight is 260 g/mol. The molecule has 1 aromatic rings. The second-order valence-corrected chi connectivity index (χ2v) is 4.08. The minimum absolute atomic E-state index is 0.0552. The van der Waals surface area contributed by atoms with Gasteiger partial charge in [0.2, 0.25) is 0 Å². The van der Waals surface area contributed by atoms with E-state index < -0.39 is 5.56 Å². The standard InChI is InChI=1S/C10H14ClN3O3/c1-6(10(16)17-3)5-14(2)7-4-12-13-9(15)8(7)11/h4,6H,5H2,1-3H3,(H,13,15)/t6-/m1/s1. The molecule has 0 saturated heterocycles. The zero-order valence-corrected chi connectivity index (χ0v) is 10.6. The van der Waals surface area contributed by atoms with Crippen molar-refractivity contribution in [2.45, 2.75) is 6.92 Å². The van der Waals surface area contributed by atoms with E-state index in [2.05, 4.69) is 14.9 Å². The molecule has 0 radical (unpaired) electrons. The first kappa shape index (κ1) is 13.5. The van der Waals surface area contributed by atoms with Crippen molar-refractivity contribution in [2.24, 2.45) is 5.92 Å². The third kappa shape index (κ3) is 3.20. The number of methoxy groups -OCH3 is 1.